The van der Waals surface area contributed by atoms with Crippen molar-refractivity contribution < 1.29 is 4.74 Å². The molecule has 1 heterocycles. The van der Waals surface area contributed by atoms with Crippen LogP contribution in [-0.2, 0) is 0 Å². The van der Waals surface area contributed by atoms with Crippen LogP contribution in [0.5, 0.6) is 5.75 Å². The van der Waals surface area contributed by atoms with Crippen LogP contribution >= 0.6 is 0 Å². The molecule has 2 unspecified atom stereocenters. The highest BCUT2D eigenvalue weighted by Gasteiger charge is 2.19. The fourth-order valence-electron chi connectivity index (χ4n) is 2.63. The van der Waals surface area contributed by atoms with Crippen LogP contribution in [0.25, 0.3) is 0 Å². The first-order valence-electron chi connectivity index (χ1n) is 6.77. The topological polar surface area (TPSA) is 24.5 Å². The first kappa shape index (κ1) is 13.2. The van der Waals surface area contributed by atoms with Gasteiger partial charge in [-0.2, -0.15) is 0 Å². The van der Waals surface area contributed by atoms with Gasteiger partial charge in [-0.05, 0) is 49.6 Å². The highest BCUT2D eigenvalue weighted by Crippen LogP contribution is 2.20. The molecule has 3 nitrogen and oxygen atoms in total. The molecule has 1 N–H and O–H groups in total. The Morgan fingerprint density at radius 2 is 2.06 bits per heavy atom. The van der Waals surface area contributed by atoms with Gasteiger partial charge in [-0.3, -0.25) is 0 Å². The highest BCUT2D eigenvalue weighted by atomic mass is 16.5. The van der Waals surface area contributed by atoms with Crippen LogP contribution in [-0.4, -0.2) is 33.3 Å². The molecular formula is C15H24N2O. The first-order valence-corrected chi connectivity index (χ1v) is 6.77. The Bertz CT molecular complexity index is 363. The molecule has 1 aliphatic rings. The molecule has 1 aromatic carbocycles. The number of piperidine rings is 1. The Hall–Kier alpha value is -1.22. The van der Waals surface area contributed by atoms with Gasteiger partial charge in [0.05, 0.1) is 7.11 Å². The van der Waals surface area contributed by atoms with Crippen molar-refractivity contribution in [3.63, 3.8) is 0 Å². The van der Waals surface area contributed by atoms with E-state index in [1.165, 1.54) is 18.5 Å². The van der Waals surface area contributed by atoms with Crippen LogP contribution in [0, 0.1) is 5.92 Å². The molecule has 18 heavy (non-hydrogen) atoms. The van der Waals surface area contributed by atoms with Crippen LogP contribution in [0.15, 0.2) is 24.3 Å². The zero-order valence-corrected chi connectivity index (χ0v) is 11.6. The van der Waals surface area contributed by atoms with E-state index in [1.54, 1.807) is 7.11 Å². The van der Waals surface area contributed by atoms with Gasteiger partial charge in [0, 0.05) is 25.3 Å². The number of hydrogen-bond donors (Lipinski definition) is 1. The van der Waals surface area contributed by atoms with E-state index in [1.807, 2.05) is 12.1 Å². The highest BCUT2D eigenvalue weighted by molar-refractivity contribution is 5.48. The van der Waals surface area contributed by atoms with Gasteiger partial charge in [0.25, 0.3) is 0 Å². The molecule has 0 saturated carbocycles. The summed E-state index contributed by atoms with van der Waals surface area (Å²) in [6.07, 6.45) is 2.59. The molecule has 1 fully saturated rings. The second-order valence-corrected chi connectivity index (χ2v) is 5.36. The summed E-state index contributed by atoms with van der Waals surface area (Å²) in [5.41, 5.74) is 1.25. The zero-order chi connectivity index (χ0) is 13.0. The molecule has 0 amide bonds. The SMILES string of the molecule is COc1ccc(N(C)CC2CC(C)CCN2)cc1. The van der Waals surface area contributed by atoms with Gasteiger partial charge in [0.2, 0.25) is 0 Å². The summed E-state index contributed by atoms with van der Waals surface area (Å²) < 4.78 is 5.18. The minimum atomic E-state index is 0.612. The number of anilines is 1. The summed E-state index contributed by atoms with van der Waals surface area (Å²) >= 11 is 0. The molecule has 2 atom stereocenters. The van der Waals surface area contributed by atoms with Crippen molar-refractivity contribution in [3.05, 3.63) is 24.3 Å². The predicted octanol–water partition coefficient (Wildman–Crippen LogP) is 2.52. The van der Waals surface area contributed by atoms with Gasteiger partial charge in [-0.15, -0.1) is 0 Å². The average Bonchev–Trinajstić information content (AvgIpc) is 2.39. The van der Waals surface area contributed by atoms with E-state index in [0.29, 0.717) is 6.04 Å². The molecule has 1 saturated heterocycles. The largest absolute Gasteiger partial charge is 0.497 e. The molecule has 0 aromatic heterocycles. The first-order chi connectivity index (χ1) is 8.69. The molecule has 0 aliphatic carbocycles. The molecule has 0 radical (unpaired) electrons. The summed E-state index contributed by atoms with van der Waals surface area (Å²) in [6, 6.07) is 8.88. The third-order valence-electron chi connectivity index (χ3n) is 3.76. The van der Waals surface area contributed by atoms with Gasteiger partial charge in [0.1, 0.15) is 5.75 Å². The second-order valence-electron chi connectivity index (χ2n) is 5.36. The molecular weight excluding hydrogens is 224 g/mol. The molecule has 3 heteroatoms. The molecule has 0 bridgehead atoms. The maximum atomic E-state index is 5.18. The summed E-state index contributed by atoms with van der Waals surface area (Å²) in [5.74, 6) is 1.76. The van der Waals surface area contributed by atoms with Crippen molar-refractivity contribution in [2.24, 2.45) is 5.92 Å². The molecule has 100 valence electrons. The van der Waals surface area contributed by atoms with Crippen molar-refractivity contribution in [2.45, 2.75) is 25.8 Å². The summed E-state index contributed by atoms with van der Waals surface area (Å²) in [4.78, 5) is 2.31. The lowest BCUT2D eigenvalue weighted by molar-refractivity contribution is 0.322. The zero-order valence-electron chi connectivity index (χ0n) is 11.6. The lowest BCUT2D eigenvalue weighted by Gasteiger charge is -2.32. The number of nitrogens with one attached hydrogen (secondary N) is 1. The van der Waals surface area contributed by atoms with E-state index in [0.717, 1.165) is 24.8 Å². The maximum absolute atomic E-state index is 5.18. The Kier molecular flexibility index (Phi) is 4.48. The van der Waals surface area contributed by atoms with Crippen molar-refractivity contribution in [2.75, 3.05) is 32.1 Å². The van der Waals surface area contributed by atoms with Gasteiger partial charge in [-0.25, -0.2) is 0 Å². The van der Waals surface area contributed by atoms with Crippen LogP contribution in [0.1, 0.15) is 19.8 Å². The number of hydrogen-bond acceptors (Lipinski definition) is 3. The average molecular weight is 248 g/mol. The lowest BCUT2D eigenvalue weighted by atomic mass is 9.94. The maximum Gasteiger partial charge on any atom is 0.119 e. The van der Waals surface area contributed by atoms with Gasteiger partial charge in [-0.1, -0.05) is 6.92 Å². The van der Waals surface area contributed by atoms with E-state index in [9.17, 15) is 0 Å². The number of benzene rings is 1. The van der Waals surface area contributed by atoms with Gasteiger partial charge < -0.3 is 15.0 Å². The third kappa shape index (κ3) is 3.39. The summed E-state index contributed by atoms with van der Waals surface area (Å²) in [7, 11) is 3.86. The Morgan fingerprint density at radius 3 is 2.67 bits per heavy atom. The van der Waals surface area contributed by atoms with Crippen LogP contribution in [0.2, 0.25) is 0 Å². The third-order valence-corrected chi connectivity index (χ3v) is 3.76. The molecule has 1 aliphatic heterocycles. The van der Waals surface area contributed by atoms with Crippen molar-refractivity contribution in [1.29, 1.82) is 0 Å². The Morgan fingerprint density at radius 1 is 1.33 bits per heavy atom. The fourth-order valence-corrected chi connectivity index (χ4v) is 2.63. The molecule has 2 rings (SSSR count). The molecule has 0 spiro atoms. The Labute approximate surface area is 110 Å². The normalized spacial score (nSPS) is 23.7. The van der Waals surface area contributed by atoms with Gasteiger partial charge >= 0.3 is 0 Å². The minimum absolute atomic E-state index is 0.612. The van der Waals surface area contributed by atoms with Crippen molar-refractivity contribution in [1.82, 2.24) is 5.32 Å². The quantitative estimate of drug-likeness (QED) is 0.886. The van der Waals surface area contributed by atoms with Crippen molar-refractivity contribution in [3.8, 4) is 5.75 Å². The fraction of sp³-hybridized carbons (Fsp3) is 0.600. The lowest BCUT2D eigenvalue weighted by Crippen LogP contribution is -2.44. The van der Waals surface area contributed by atoms with E-state index in [2.05, 4.69) is 36.3 Å². The van der Waals surface area contributed by atoms with Crippen LogP contribution in [0.3, 0.4) is 0 Å². The predicted molar refractivity (Wildman–Crippen MR) is 76.5 cm³/mol. The number of nitrogens with zero attached hydrogens (tertiary/aromatic N) is 1. The van der Waals surface area contributed by atoms with Crippen LogP contribution < -0.4 is 15.0 Å². The monoisotopic (exact) mass is 248 g/mol. The Balaban J connectivity index is 1.91. The van der Waals surface area contributed by atoms with Gasteiger partial charge in [0.15, 0.2) is 0 Å². The van der Waals surface area contributed by atoms with E-state index >= 15 is 0 Å². The standard InChI is InChI=1S/C15H24N2O/c1-12-8-9-16-13(10-12)11-17(2)14-4-6-15(18-3)7-5-14/h4-7,12-13,16H,8-11H2,1-3H3. The van der Waals surface area contributed by atoms with Crippen LogP contribution in [0.4, 0.5) is 5.69 Å². The van der Waals surface area contributed by atoms with E-state index < -0.39 is 0 Å². The summed E-state index contributed by atoms with van der Waals surface area (Å²) in [6.45, 7) is 4.57. The smallest absolute Gasteiger partial charge is 0.119 e. The second kappa shape index (κ2) is 6.10. The minimum Gasteiger partial charge on any atom is -0.497 e. The number of likely N-dealkylation sites (N-methyl/N-ethyl adjacent to an activating group) is 1. The summed E-state index contributed by atoms with van der Waals surface area (Å²) in [5, 5.41) is 3.61. The number of methoxy groups -OCH3 is 1. The number of ether oxygens (including phenoxy) is 1. The van der Waals surface area contributed by atoms with E-state index in [-0.39, 0.29) is 0 Å². The van der Waals surface area contributed by atoms with Crippen molar-refractivity contribution >= 4 is 5.69 Å². The number of rotatable bonds is 4. The van der Waals surface area contributed by atoms with E-state index in [4.69, 9.17) is 4.74 Å². The molecule has 1 aromatic rings.